The van der Waals surface area contributed by atoms with Crippen molar-refractivity contribution in [3.8, 4) is 5.75 Å². The van der Waals surface area contributed by atoms with Gasteiger partial charge in [0.1, 0.15) is 5.75 Å². The van der Waals surface area contributed by atoms with Crippen LogP contribution in [0, 0.1) is 6.92 Å². The van der Waals surface area contributed by atoms with Crippen molar-refractivity contribution in [2.75, 3.05) is 27.4 Å². The van der Waals surface area contributed by atoms with Crippen molar-refractivity contribution in [1.29, 1.82) is 0 Å². The molecular weight excluding hydrogens is 326 g/mol. The van der Waals surface area contributed by atoms with Gasteiger partial charge in [0, 0.05) is 7.11 Å². The predicted octanol–water partition coefficient (Wildman–Crippen LogP) is 3.81. The number of carbonyl (C=O) groups is 2. The lowest BCUT2D eigenvalue weighted by molar-refractivity contribution is -0.123. The average molecular weight is 349 g/mol. The molecule has 6 heteroatoms. The summed E-state index contributed by atoms with van der Waals surface area (Å²) in [5.41, 5.74) is 3.00. The SMILES string of the molecule is COCCN1C(=O)S/C(=C/c2cc(C(C)C)c(OC)cc2C)C1=O. The Balaban J connectivity index is 2.36. The van der Waals surface area contributed by atoms with Crippen molar-refractivity contribution in [2.45, 2.75) is 26.7 Å². The third kappa shape index (κ3) is 3.82. The Morgan fingerprint density at radius 1 is 1.25 bits per heavy atom. The topological polar surface area (TPSA) is 55.8 Å². The molecule has 1 saturated heterocycles. The summed E-state index contributed by atoms with van der Waals surface area (Å²) < 4.78 is 10.4. The van der Waals surface area contributed by atoms with Gasteiger partial charge in [0.25, 0.3) is 11.1 Å². The Kier molecular flexibility index (Phi) is 6.07. The van der Waals surface area contributed by atoms with E-state index >= 15 is 0 Å². The highest BCUT2D eigenvalue weighted by molar-refractivity contribution is 8.18. The van der Waals surface area contributed by atoms with Gasteiger partial charge in [-0.25, -0.2) is 0 Å². The Bertz CT molecular complexity index is 682. The third-order valence-electron chi connectivity index (χ3n) is 3.92. The smallest absolute Gasteiger partial charge is 0.293 e. The second kappa shape index (κ2) is 7.85. The van der Waals surface area contributed by atoms with Crippen LogP contribution < -0.4 is 4.74 Å². The van der Waals surface area contributed by atoms with Gasteiger partial charge in [0.05, 0.1) is 25.2 Å². The lowest BCUT2D eigenvalue weighted by Gasteiger charge is -2.15. The summed E-state index contributed by atoms with van der Waals surface area (Å²) in [4.78, 5) is 26.1. The average Bonchev–Trinajstić information content (AvgIpc) is 2.80. The number of hydrogen-bond acceptors (Lipinski definition) is 5. The second-order valence-corrected chi connectivity index (χ2v) is 6.92. The molecule has 0 atom stereocenters. The highest BCUT2D eigenvalue weighted by Gasteiger charge is 2.34. The van der Waals surface area contributed by atoms with Crippen LogP contribution in [0.25, 0.3) is 6.08 Å². The van der Waals surface area contributed by atoms with Crippen LogP contribution in [0.15, 0.2) is 17.0 Å². The van der Waals surface area contributed by atoms with Crippen LogP contribution in [-0.2, 0) is 9.53 Å². The molecule has 0 radical (unpaired) electrons. The third-order valence-corrected chi connectivity index (χ3v) is 4.83. The Morgan fingerprint density at radius 2 is 1.96 bits per heavy atom. The zero-order chi connectivity index (χ0) is 17.9. The van der Waals surface area contributed by atoms with Gasteiger partial charge in [-0.15, -0.1) is 0 Å². The van der Waals surface area contributed by atoms with E-state index in [1.54, 1.807) is 20.3 Å². The number of carbonyl (C=O) groups excluding carboxylic acids is 2. The summed E-state index contributed by atoms with van der Waals surface area (Å²) in [6, 6.07) is 4.00. The van der Waals surface area contributed by atoms with Gasteiger partial charge < -0.3 is 9.47 Å². The highest BCUT2D eigenvalue weighted by atomic mass is 32.2. The quantitative estimate of drug-likeness (QED) is 0.731. The molecule has 24 heavy (non-hydrogen) atoms. The van der Waals surface area contributed by atoms with Crippen molar-refractivity contribution in [3.63, 3.8) is 0 Å². The van der Waals surface area contributed by atoms with Crippen LogP contribution in [0.4, 0.5) is 4.79 Å². The molecule has 0 N–H and O–H groups in total. The molecule has 1 aromatic rings. The Morgan fingerprint density at radius 3 is 2.54 bits per heavy atom. The van der Waals surface area contributed by atoms with Crippen LogP contribution in [0.5, 0.6) is 5.75 Å². The number of aryl methyl sites for hydroxylation is 1. The number of thioether (sulfide) groups is 1. The standard InChI is InChI=1S/C18H23NO4S/c1-11(2)14-9-13(12(3)8-15(14)23-5)10-16-17(20)19(6-7-22-4)18(21)24-16/h8-11H,6-7H2,1-5H3/b16-10+. The Hall–Kier alpha value is -1.79. The lowest BCUT2D eigenvalue weighted by atomic mass is 9.96. The van der Waals surface area contributed by atoms with Gasteiger partial charge in [-0.3, -0.25) is 14.5 Å². The van der Waals surface area contributed by atoms with Crippen molar-refractivity contribution in [3.05, 3.63) is 33.7 Å². The minimum Gasteiger partial charge on any atom is -0.496 e. The van der Waals surface area contributed by atoms with Crippen molar-refractivity contribution < 1.29 is 19.1 Å². The van der Waals surface area contributed by atoms with E-state index in [0.29, 0.717) is 17.4 Å². The Labute approximate surface area is 147 Å². The van der Waals surface area contributed by atoms with Gasteiger partial charge in [0.15, 0.2) is 0 Å². The summed E-state index contributed by atoms with van der Waals surface area (Å²) in [5, 5.41) is -0.251. The van der Waals surface area contributed by atoms with Gasteiger partial charge in [-0.2, -0.15) is 0 Å². The van der Waals surface area contributed by atoms with E-state index in [1.807, 2.05) is 19.1 Å². The molecule has 5 nitrogen and oxygen atoms in total. The maximum absolute atomic E-state index is 12.4. The van der Waals surface area contributed by atoms with Crippen molar-refractivity contribution in [1.82, 2.24) is 4.90 Å². The lowest BCUT2D eigenvalue weighted by Crippen LogP contribution is -2.31. The number of imide groups is 1. The van der Waals surface area contributed by atoms with Gasteiger partial charge in [0.2, 0.25) is 0 Å². The molecule has 0 spiro atoms. The molecule has 1 aromatic carbocycles. The molecule has 0 bridgehead atoms. The molecule has 130 valence electrons. The van der Waals surface area contributed by atoms with E-state index in [1.165, 1.54) is 4.90 Å². The van der Waals surface area contributed by atoms with Crippen molar-refractivity contribution in [2.24, 2.45) is 0 Å². The highest BCUT2D eigenvalue weighted by Crippen LogP contribution is 2.35. The summed E-state index contributed by atoms with van der Waals surface area (Å²) in [6.45, 7) is 6.76. The van der Waals surface area contributed by atoms with Crippen LogP contribution in [-0.4, -0.2) is 43.4 Å². The molecule has 2 amide bonds. The molecule has 2 rings (SSSR count). The number of methoxy groups -OCH3 is 2. The van der Waals surface area contributed by atoms with E-state index in [9.17, 15) is 9.59 Å². The first-order chi connectivity index (χ1) is 11.4. The number of hydrogen-bond donors (Lipinski definition) is 0. The van der Waals surface area contributed by atoms with E-state index in [4.69, 9.17) is 9.47 Å². The fraction of sp³-hybridized carbons (Fsp3) is 0.444. The predicted molar refractivity (Wildman–Crippen MR) is 96.4 cm³/mol. The molecule has 0 aliphatic carbocycles. The molecular formula is C18H23NO4S. The normalized spacial score (nSPS) is 16.6. The molecule has 0 saturated carbocycles. The van der Waals surface area contributed by atoms with E-state index in [2.05, 4.69) is 13.8 Å². The monoisotopic (exact) mass is 349 g/mol. The molecule has 0 unspecified atom stereocenters. The van der Waals surface area contributed by atoms with Gasteiger partial charge in [-0.05, 0) is 59.5 Å². The van der Waals surface area contributed by atoms with Gasteiger partial charge >= 0.3 is 0 Å². The molecule has 0 aromatic heterocycles. The minimum absolute atomic E-state index is 0.251. The van der Waals surface area contributed by atoms with Crippen LogP contribution in [0.3, 0.4) is 0 Å². The maximum Gasteiger partial charge on any atom is 0.293 e. The van der Waals surface area contributed by atoms with E-state index < -0.39 is 0 Å². The number of ether oxygens (including phenoxy) is 2. The molecule has 1 aliphatic heterocycles. The van der Waals surface area contributed by atoms with Crippen LogP contribution in [0.2, 0.25) is 0 Å². The van der Waals surface area contributed by atoms with Gasteiger partial charge in [-0.1, -0.05) is 13.8 Å². The number of benzene rings is 1. The van der Waals surface area contributed by atoms with E-state index in [0.717, 1.165) is 34.2 Å². The molecule has 1 aliphatic rings. The first kappa shape index (κ1) is 18.5. The fourth-order valence-electron chi connectivity index (χ4n) is 2.52. The van der Waals surface area contributed by atoms with Crippen LogP contribution in [0.1, 0.15) is 36.5 Å². The summed E-state index contributed by atoms with van der Waals surface area (Å²) in [6.07, 6.45) is 1.79. The largest absolute Gasteiger partial charge is 0.496 e. The summed E-state index contributed by atoms with van der Waals surface area (Å²) in [7, 11) is 3.20. The first-order valence-electron chi connectivity index (χ1n) is 7.81. The summed E-state index contributed by atoms with van der Waals surface area (Å²) >= 11 is 0.972. The summed E-state index contributed by atoms with van der Waals surface area (Å²) in [5.74, 6) is 0.876. The zero-order valence-corrected chi connectivity index (χ0v) is 15.5. The number of rotatable bonds is 6. The number of nitrogens with zero attached hydrogens (tertiary/aromatic N) is 1. The molecule has 1 heterocycles. The minimum atomic E-state index is -0.261. The maximum atomic E-state index is 12.4. The molecule has 1 fully saturated rings. The van der Waals surface area contributed by atoms with E-state index in [-0.39, 0.29) is 17.7 Å². The van der Waals surface area contributed by atoms with Crippen molar-refractivity contribution >= 4 is 29.0 Å². The second-order valence-electron chi connectivity index (χ2n) is 5.93. The zero-order valence-electron chi connectivity index (χ0n) is 14.7. The fourth-order valence-corrected chi connectivity index (χ4v) is 3.37. The van der Waals surface area contributed by atoms with Crippen LogP contribution >= 0.6 is 11.8 Å². The first-order valence-corrected chi connectivity index (χ1v) is 8.63. The number of amides is 2.